The molecule has 1 aromatic carbocycles. The molecule has 4 heteroatoms. The predicted molar refractivity (Wildman–Crippen MR) is 52.6 cm³/mol. The van der Waals surface area contributed by atoms with E-state index in [0.29, 0.717) is 22.9 Å². The van der Waals surface area contributed by atoms with Crippen LogP contribution < -0.4 is 0 Å². The maximum Gasteiger partial charge on any atom is 0.314 e. The molecule has 74 valence electrons. The Morgan fingerprint density at radius 3 is 2.57 bits per heavy atom. The van der Waals surface area contributed by atoms with Gasteiger partial charge in [0.25, 0.3) is 0 Å². The smallest absolute Gasteiger partial charge is 0.314 e. The lowest BCUT2D eigenvalue weighted by Gasteiger charge is -2.11. The van der Waals surface area contributed by atoms with E-state index in [4.69, 9.17) is 5.11 Å². The van der Waals surface area contributed by atoms with Crippen LogP contribution in [0.2, 0.25) is 0 Å². The highest BCUT2D eigenvalue weighted by Gasteiger charge is 2.52. The summed E-state index contributed by atoms with van der Waals surface area (Å²) in [7, 11) is 0. The summed E-state index contributed by atoms with van der Waals surface area (Å²) in [6.07, 6.45) is 1.26. The van der Waals surface area contributed by atoms with E-state index in [1.807, 2.05) is 0 Å². The van der Waals surface area contributed by atoms with Gasteiger partial charge in [0.05, 0.1) is 5.41 Å². The van der Waals surface area contributed by atoms with Gasteiger partial charge in [0.2, 0.25) is 0 Å². The number of carboxylic acid groups (broad SMARTS) is 1. The molecule has 0 aliphatic heterocycles. The molecule has 2 rings (SSSR count). The van der Waals surface area contributed by atoms with Gasteiger partial charge in [-0.2, -0.15) is 0 Å². The Bertz CT molecular complexity index is 399. The highest BCUT2D eigenvalue weighted by atomic mass is 79.9. The highest BCUT2D eigenvalue weighted by Crippen LogP contribution is 2.50. The lowest BCUT2D eigenvalue weighted by Crippen LogP contribution is -2.20. The Kier molecular flexibility index (Phi) is 2.10. The summed E-state index contributed by atoms with van der Waals surface area (Å²) in [6.45, 7) is 0. The van der Waals surface area contributed by atoms with Gasteiger partial charge in [-0.3, -0.25) is 4.79 Å². The third-order valence-electron chi connectivity index (χ3n) is 2.61. The van der Waals surface area contributed by atoms with Gasteiger partial charge >= 0.3 is 5.97 Å². The maximum atomic E-state index is 12.8. The van der Waals surface area contributed by atoms with Gasteiger partial charge in [0, 0.05) is 4.47 Å². The second kappa shape index (κ2) is 3.05. The van der Waals surface area contributed by atoms with Gasteiger partial charge < -0.3 is 5.11 Å². The van der Waals surface area contributed by atoms with Crippen LogP contribution in [-0.2, 0) is 10.2 Å². The second-order valence-electron chi connectivity index (χ2n) is 3.51. The third kappa shape index (κ3) is 1.34. The average molecular weight is 259 g/mol. The van der Waals surface area contributed by atoms with Crippen LogP contribution in [-0.4, -0.2) is 11.1 Å². The SMILES string of the molecule is O=C(O)C1(c2ccc(F)cc2Br)CC1. The highest BCUT2D eigenvalue weighted by molar-refractivity contribution is 9.10. The first-order valence-electron chi connectivity index (χ1n) is 4.25. The third-order valence-corrected chi connectivity index (χ3v) is 3.26. The molecule has 1 aliphatic carbocycles. The van der Waals surface area contributed by atoms with Gasteiger partial charge in [0.15, 0.2) is 0 Å². The first-order chi connectivity index (χ1) is 6.56. The molecular weight excluding hydrogens is 251 g/mol. The first-order valence-corrected chi connectivity index (χ1v) is 5.04. The fourth-order valence-electron chi connectivity index (χ4n) is 1.60. The zero-order chi connectivity index (χ0) is 10.3. The van der Waals surface area contributed by atoms with Crippen molar-refractivity contribution in [2.45, 2.75) is 18.3 Å². The molecule has 1 N–H and O–H groups in total. The number of halogens is 2. The summed E-state index contributed by atoms with van der Waals surface area (Å²) in [5.74, 6) is -1.19. The number of carboxylic acids is 1. The van der Waals surface area contributed by atoms with Crippen LogP contribution >= 0.6 is 15.9 Å². The molecule has 1 fully saturated rings. The largest absolute Gasteiger partial charge is 0.481 e. The molecule has 2 nitrogen and oxygen atoms in total. The van der Waals surface area contributed by atoms with E-state index in [-0.39, 0.29) is 5.82 Å². The van der Waals surface area contributed by atoms with E-state index in [9.17, 15) is 9.18 Å². The molecule has 0 spiro atoms. The first kappa shape index (κ1) is 9.65. The molecule has 1 aliphatic rings. The fourth-order valence-corrected chi connectivity index (χ4v) is 2.33. The van der Waals surface area contributed by atoms with Crippen LogP contribution in [0.5, 0.6) is 0 Å². The van der Waals surface area contributed by atoms with Gasteiger partial charge in [-0.15, -0.1) is 0 Å². The number of carbonyl (C=O) groups is 1. The minimum absolute atomic E-state index is 0.359. The summed E-state index contributed by atoms with van der Waals surface area (Å²) in [5.41, 5.74) is -0.0987. The molecule has 0 atom stereocenters. The van der Waals surface area contributed by atoms with Crippen LogP contribution in [0.3, 0.4) is 0 Å². The van der Waals surface area contributed by atoms with Gasteiger partial charge in [-0.05, 0) is 30.5 Å². The van der Waals surface area contributed by atoms with Crippen LogP contribution in [0.15, 0.2) is 22.7 Å². The van der Waals surface area contributed by atoms with Crippen molar-refractivity contribution >= 4 is 21.9 Å². The van der Waals surface area contributed by atoms with Crippen molar-refractivity contribution in [3.63, 3.8) is 0 Å². The zero-order valence-electron chi connectivity index (χ0n) is 7.26. The van der Waals surface area contributed by atoms with Crippen LogP contribution in [0, 0.1) is 5.82 Å². The van der Waals surface area contributed by atoms with Crippen molar-refractivity contribution in [2.24, 2.45) is 0 Å². The van der Waals surface area contributed by atoms with Crippen molar-refractivity contribution < 1.29 is 14.3 Å². The van der Waals surface area contributed by atoms with E-state index < -0.39 is 11.4 Å². The summed E-state index contributed by atoms with van der Waals surface area (Å²) in [4.78, 5) is 11.0. The van der Waals surface area contributed by atoms with Crippen molar-refractivity contribution in [3.05, 3.63) is 34.1 Å². The van der Waals surface area contributed by atoms with Crippen molar-refractivity contribution in [3.8, 4) is 0 Å². The van der Waals surface area contributed by atoms with Crippen molar-refractivity contribution in [1.82, 2.24) is 0 Å². The lowest BCUT2D eigenvalue weighted by atomic mass is 9.96. The Morgan fingerprint density at radius 1 is 1.50 bits per heavy atom. The molecule has 0 heterocycles. The summed E-state index contributed by atoms with van der Waals surface area (Å²) in [6, 6.07) is 4.14. The Hall–Kier alpha value is -0.900. The molecule has 0 unspecified atom stereocenters. The number of aliphatic carboxylic acids is 1. The Labute approximate surface area is 88.9 Å². The zero-order valence-corrected chi connectivity index (χ0v) is 8.84. The lowest BCUT2D eigenvalue weighted by molar-refractivity contribution is -0.140. The molecule has 0 bridgehead atoms. The summed E-state index contributed by atoms with van der Waals surface area (Å²) < 4.78 is 13.3. The predicted octanol–water partition coefficient (Wildman–Crippen LogP) is 2.70. The summed E-state index contributed by atoms with van der Waals surface area (Å²) >= 11 is 3.19. The molecule has 0 radical (unpaired) electrons. The van der Waals surface area contributed by atoms with E-state index in [1.54, 1.807) is 6.07 Å². The van der Waals surface area contributed by atoms with E-state index in [1.165, 1.54) is 12.1 Å². The van der Waals surface area contributed by atoms with E-state index in [0.717, 1.165) is 0 Å². The van der Waals surface area contributed by atoms with Crippen molar-refractivity contribution in [2.75, 3.05) is 0 Å². The molecule has 0 saturated heterocycles. The van der Waals surface area contributed by atoms with E-state index >= 15 is 0 Å². The van der Waals surface area contributed by atoms with Gasteiger partial charge in [-0.25, -0.2) is 4.39 Å². The minimum atomic E-state index is -0.829. The second-order valence-corrected chi connectivity index (χ2v) is 4.37. The number of rotatable bonds is 2. The van der Waals surface area contributed by atoms with Crippen LogP contribution in [0.25, 0.3) is 0 Å². The fraction of sp³-hybridized carbons (Fsp3) is 0.300. The van der Waals surface area contributed by atoms with Gasteiger partial charge in [-0.1, -0.05) is 22.0 Å². The maximum absolute atomic E-state index is 12.8. The minimum Gasteiger partial charge on any atom is -0.481 e. The van der Waals surface area contributed by atoms with E-state index in [2.05, 4.69) is 15.9 Å². The van der Waals surface area contributed by atoms with Crippen LogP contribution in [0.4, 0.5) is 4.39 Å². The Balaban J connectivity index is 2.47. The van der Waals surface area contributed by atoms with Gasteiger partial charge in [0.1, 0.15) is 5.82 Å². The number of benzene rings is 1. The molecule has 0 aromatic heterocycles. The molecule has 1 aromatic rings. The average Bonchev–Trinajstić information content (AvgIpc) is 2.84. The quantitative estimate of drug-likeness (QED) is 0.886. The molecule has 14 heavy (non-hydrogen) atoms. The molecule has 1 saturated carbocycles. The topological polar surface area (TPSA) is 37.3 Å². The normalized spacial score (nSPS) is 17.9. The number of hydrogen-bond acceptors (Lipinski definition) is 1. The molecular formula is C10H8BrFO2. The number of hydrogen-bond donors (Lipinski definition) is 1. The Morgan fingerprint density at radius 2 is 2.14 bits per heavy atom. The van der Waals surface area contributed by atoms with Crippen molar-refractivity contribution in [1.29, 1.82) is 0 Å². The standard InChI is InChI=1S/C10H8BrFO2/c11-8-5-6(12)1-2-7(8)10(3-4-10)9(13)14/h1-2,5H,3-4H2,(H,13,14). The summed E-state index contributed by atoms with van der Waals surface area (Å²) in [5, 5.41) is 9.04. The molecule has 0 amide bonds. The van der Waals surface area contributed by atoms with Crippen LogP contribution in [0.1, 0.15) is 18.4 Å². The monoisotopic (exact) mass is 258 g/mol.